The Morgan fingerprint density at radius 3 is 2.62 bits per heavy atom. The minimum absolute atomic E-state index is 0.131. The van der Waals surface area contributed by atoms with Crippen LogP contribution in [0.5, 0.6) is 5.75 Å². The molecule has 29 heavy (non-hydrogen) atoms. The molecule has 1 atom stereocenters. The zero-order valence-corrected chi connectivity index (χ0v) is 17.0. The van der Waals surface area contributed by atoms with E-state index in [0.29, 0.717) is 23.1 Å². The molecule has 0 saturated carbocycles. The number of carbonyl (C=O) groups excluding carboxylic acids is 2. The van der Waals surface area contributed by atoms with Crippen molar-refractivity contribution < 1.29 is 14.3 Å². The fourth-order valence-corrected chi connectivity index (χ4v) is 3.15. The first kappa shape index (κ1) is 20.6. The summed E-state index contributed by atoms with van der Waals surface area (Å²) in [5.41, 5.74) is 7.13. The van der Waals surface area contributed by atoms with Gasteiger partial charge < -0.3 is 15.0 Å². The van der Waals surface area contributed by atoms with Gasteiger partial charge in [-0.05, 0) is 43.3 Å². The third-order valence-corrected chi connectivity index (χ3v) is 4.74. The Balaban J connectivity index is 1.40. The maximum absolute atomic E-state index is 12.4. The molecule has 7 nitrogen and oxygen atoms in total. The number of thiocarbonyl (C=S) groups is 1. The van der Waals surface area contributed by atoms with Gasteiger partial charge in [0.25, 0.3) is 5.91 Å². The second kappa shape index (κ2) is 9.88. The Hall–Kier alpha value is -3.13. The van der Waals surface area contributed by atoms with Crippen LogP contribution in [0.4, 0.5) is 5.69 Å². The maximum Gasteiger partial charge on any atom is 0.267 e. The van der Waals surface area contributed by atoms with Gasteiger partial charge in [0.05, 0.1) is 5.69 Å². The van der Waals surface area contributed by atoms with Crippen molar-refractivity contribution in [2.45, 2.75) is 25.9 Å². The van der Waals surface area contributed by atoms with Crippen LogP contribution in [0.1, 0.15) is 18.9 Å². The molecule has 8 heteroatoms. The molecule has 0 fully saturated rings. The van der Waals surface area contributed by atoms with Gasteiger partial charge >= 0.3 is 0 Å². The van der Waals surface area contributed by atoms with Crippen LogP contribution >= 0.6 is 12.2 Å². The zero-order chi connectivity index (χ0) is 20.6. The molecule has 0 spiro atoms. The molecule has 1 aliphatic heterocycles. The number of hydrazine groups is 1. The number of hydrogen-bond acceptors (Lipinski definition) is 4. The Morgan fingerprint density at radius 2 is 1.83 bits per heavy atom. The van der Waals surface area contributed by atoms with Gasteiger partial charge in [-0.2, -0.15) is 0 Å². The van der Waals surface area contributed by atoms with Gasteiger partial charge in [0.15, 0.2) is 11.2 Å². The van der Waals surface area contributed by atoms with E-state index in [2.05, 4.69) is 16.2 Å². The number of nitrogens with one attached hydrogen (secondary N) is 3. The van der Waals surface area contributed by atoms with Crippen LogP contribution in [0.15, 0.2) is 54.6 Å². The molecule has 3 N–H and O–H groups in total. The van der Waals surface area contributed by atoms with Crippen LogP contribution in [-0.4, -0.2) is 36.1 Å². The Bertz CT molecular complexity index is 875. The van der Waals surface area contributed by atoms with Crippen LogP contribution < -0.4 is 25.8 Å². The molecular weight excluding hydrogens is 388 g/mol. The molecule has 2 aromatic carbocycles. The van der Waals surface area contributed by atoms with E-state index in [1.54, 1.807) is 17.9 Å². The number of benzene rings is 2. The van der Waals surface area contributed by atoms with Crippen LogP contribution in [-0.2, 0) is 16.0 Å². The molecule has 0 unspecified atom stereocenters. The van der Waals surface area contributed by atoms with Crippen molar-refractivity contribution >= 4 is 34.8 Å². The second-order valence-electron chi connectivity index (χ2n) is 6.63. The van der Waals surface area contributed by atoms with Crippen molar-refractivity contribution in [3.63, 3.8) is 0 Å². The minimum atomic E-state index is -0.576. The Labute approximate surface area is 175 Å². The molecular formula is C21H24N4O3S. The van der Waals surface area contributed by atoms with Crippen molar-refractivity contribution in [3.8, 4) is 5.75 Å². The number of rotatable bonds is 6. The summed E-state index contributed by atoms with van der Waals surface area (Å²) < 4.78 is 5.60. The average Bonchev–Trinajstić information content (AvgIpc) is 2.73. The van der Waals surface area contributed by atoms with Crippen LogP contribution in [0.2, 0.25) is 0 Å². The molecule has 0 aromatic heterocycles. The van der Waals surface area contributed by atoms with Crippen LogP contribution in [0.25, 0.3) is 0 Å². The normalized spacial score (nSPS) is 15.1. The summed E-state index contributed by atoms with van der Waals surface area (Å²) in [6, 6.07) is 17.4. The first-order chi connectivity index (χ1) is 14.0. The quantitative estimate of drug-likeness (QED) is 0.497. The predicted molar refractivity (Wildman–Crippen MR) is 116 cm³/mol. The van der Waals surface area contributed by atoms with E-state index in [-0.39, 0.29) is 24.8 Å². The highest BCUT2D eigenvalue weighted by Gasteiger charge is 2.31. The summed E-state index contributed by atoms with van der Waals surface area (Å²) >= 11 is 5.17. The Morgan fingerprint density at radius 1 is 1.10 bits per heavy atom. The number of fused-ring (bicyclic) bond motifs is 1. The van der Waals surface area contributed by atoms with Crippen molar-refractivity contribution in [1.29, 1.82) is 0 Å². The monoisotopic (exact) mass is 412 g/mol. The third kappa shape index (κ3) is 5.68. The molecule has 2 aromatic rings. The topological polar surface area (TPSA) is 82.7 Å². The summed E-state index contributed by atoms with van der Waals surface area (Å²) in [6.07, 6.45) is 0.382. The van der Waals surface area contributed by atoms with E-state index in [0.717, 1.165) is 6.42 Å². The number of anilines is 1. The molecule has 152 valence electrons. The molecule has 0 bridgehead atoms. The van der Waals surface area contributed by atoms with Gasteiger partial charge in [-0.15, -0.1) is 0 Å². The molecule has 2 amide bonds. The lowest BCUT2D eigenvalue weighted by atomic mass is 10.1. The number of ether oxygens (including phenoxy) is 1. The summed E-state index contributed by atoms with van der Waals surface area (Å²) in [5.74, 6) is 0.214. The van der Waals surface area contributed by atoms with E-state index in [1.807, 2.05) is 48.5 Å². The second-order valence-corrected chi connectivity index (χ2v) is 7.04. The van der Waals surface area contributed by atoms with Crippen molar-refractivity contribution in [1.82, 2.24) is 16.2 Å². The number of carbonyl (C=O) groups is 2. The fraction of sp³-hybridized carbons (Fsp3) is 0.286. The van der Waals surface area contributed by atoms with Gasteiger partial charge in [0, 0.05) is 19.5 Å². The van der Waals surface area contributed by atoms with Gasteiger partial charge in [-0.3, -0.25) is 20.4 Å². The highest BCUT2D eigenvalue weighted by atomic mass is 32.1. The lowest BCUT2D eigenvalue weighted by Gasteiger charge is -2.32. The van der Waals surface area contributed by atoms with E-state index in [9.17, 15) is 9.59 Å². The van der Waals surface area contributed by atoms with Crippen molar-refractivity contribution in [2.24, 2.45) is 0 Å². The van der Waals surface area contributed by atoms with Crippen LogP contribution in [0.3, 0.4) is 0 Å². The van der Waals surface area contributed by atoms with Crippen molar-refractivity contribution in [2.75, 3.05) is 18.0 Å². The highest BCUT2D eigenvalue weighted by molar-refractivity contribution is 7.80. The average molecular weight is 413 g/mol. The first-order valence-electron chi connectivity index (χ1n) is 9.48. The highest BCUT2D eigenvalue weighted by Crippen LogP contribution is 2.33. The van der Waals surface area contributed by atoms with E-state index >= 15 is 0 Å². The zero-order valence-electron chi connectivity index (χ0n) is 16.2. The molecule has 3 rings (SSSR count). The summed E-state index contributed by atoms with van der Waals surface area (Å²) in [4.78, 5) is 26.2. The third-order valence-electron chi connectivity index (χ3n) is 4.49. The molecule has 1 aliphatic rings. The van der Waals surface area contributed by atoms with E-state index in [1.165, 1.54) is 5.56 Å². The molecule has 0 radical (unpaired) electrons. The number of nitrogens with zero attached hydrogens (tertiary/aromatic N) is 1. The van der Waals surface area contributed by atoms with Gasteiger partial charge in [-0.25, -0.2) is 0 Å². The fourth-order valence-electron chi connectivity index (χ4n) is 3.00. The van der Waals surface area contributed by atoms with Gasteiger partial charge in [0.1, 0.15) is 5.75 Å². The van der Waals surface area contributed by atoms with Crippen molar-refractivity contribution in [3.05, 3.63) is 60.2 Å². The number of para-hydroxylation sites is 2. The standard InChI is InChI=1S/C21H24N4O3S/c1-15-20(27)25(17-9-5-6-10-18(17)28-15)14-12-19(26)23-24-21(29)22-13-11-16-7-3-2-4-8-16/h2-10,15H,11-14H2,1H3,(H,23,26)(H2,22,24,29)/t15-/m0/s1. The van der Waals surface area contributed by atoms with E-state index in [4.69, 9.17) is 17.0 Å². The minimum Gasteiger partial charge on any atom is -0.479 e. The number of hydrogen-bond donors (Lipinski definition) is 3. The lowest BCUT2D eigenvalue weighted by Crippen LogP contribution is -2.49. The summed E-state index contributed by atoms with van der Waals surface area (Å²) in [7, 11) is 0. The van der Waals surface area contributed by atoms with Crippen LogP contribution in [0, 0.1) is 0 Å². The molecule has 0 aliphatic carbocycles. The SMILES string of the molecule is C[C@@H]1Oc2ccccc2N(CCC(=O)NNC(=S)NCCc2ccccc2)C1=O. The largest absolute Gasteiger partial charge is 0.479 e. The first-order valence-corrected chi connectivity index (χ1v) is 9.89. The Kier molecular flexibility index (Phi) is 7.02. The number of amides is 2. The molecule has 1 heterocycles. The lowest BCUT2D eigenvalue weighted by molar-refractivity contribution is -0.125. The van der Waals surface area contributed by atoms with E-state index < -0.39 is 6.10 Å². The van der Waals surface area contributed by atoms with Gasteiger partial charge in [0.2, 0.25) is 5.91 Å². The maximum atomic E-state index is 12.4. The summed E-state index contributed by atoms with van der Waals surface area (Å²) in [6.45, 7) is 2.61. The summed E-state index contributed by atoms with van der Waals surface area (Å²) in [5, 5.41) is 3.39. The molecule has 0 saturated heterocycles. The smallest absolute Gasteiger partial charge is 0.267 e. The van der Waals surface area contributed by atoms with Gasteiger partial charge in [-0.1, -0.05) is 42.5 Å². The predicted octanol–water partition coefficient (Wildman–Crippen LogP) is 1.93.